The van der Waals surface area contributed by atoms with E-state index in [1.54, 1.807) is 84.9 Å². The molecule has 0 bridgehead atoms. The third kappa shape index (κ3) is 8.08. The van der Waals surface area contributed by atoms with E-state index in [1.807, 2.05) is 112 Å². The Kier molecular flexibility index (Phi) is 11.4. The van der Waals surface area contributed by atoms with E-state index in [0.717, 1.165) is 72.1 Å². The molecule has 8 nitrogen and oxygen atoms in total. The molecule has 12 aromatic rings. The molecule has 0 unspecified atom stereocenters. The van der Waals surface area contributed by atoms with Crippen LogP contribution in [0.25, 0.3) is 111 Å². The molecule has 0 aliphatic rings. The molecule has 2 aromatic heterocycles. The van der Waals surface area contributed by atoms with Crippen molar-refractivity contribution in [1.82, 2.24) is 9.13 Å². The zero-order valence-electron chi connectivity index (χ0n) is 40.8. The van der Waals surface area contributed by atoms with Gasteiger partial charge in [-0.25, -0.2) is 0 Å². The van der Waals surface area contributed by atoms with Gasteiger partial charge in [0.25, 0.3) is 0 Å². The predicted octanol–water partition coefficient (Wildman–Crippen LogP) is 16.5. The Bertz CT molecular complexity index is 4590. The monoisotopic (exact) mass is 1010 g/mol. The zero-order valence-corrected chi connectivity index (χ0v) is 40.8. The van der Waals surface area contributed by atoms with Crippen molar-refractivity contribution in [1.29, 1.82) is 31.6 Å². The van der Waals surface area contributed by atoms with Gasteiger partial charge in [0, 0.05) is 27.1 Å². The second kappa shape index (κ2) is 18.8. The molecule has 0 radical (unpaired) electrons. The largest absolute Gasteiger partial charge is 0.417 e. The summed E-state index contributed by atoms with van der Waals surface area (Å²) in [4.78, 5) is 0. The lowest BCUT2D eigenvalue weighted by atomic mass is 9.93. The average Bonchev–Trinajstić information content (AvgIpc) is 4.22. The van der Waals surface area contributed by atoms with Crippen molar-refractivity contribution in [3.8, 4) is 103 Å². The molecule has 0 N–H and O–H groups in total. The van der Waals surface area contributed by atoms with Crippen LogP contribution in [-0.4, -0.2) is 9.13 Å². The highest BCUT2D eigenvalue weighted by atomic mass is 19.4. The molecule has 0 saturated carbocycles. The van der Waals surface area contributed by atoms with E-state index in [0.29, 0.717) is 44.3 Å². The number of hydrogen-bond donors (Lipinski definition) is 0. The highest BCUT2D eigenvalue weighted by Gasteiger charge is 2.36. The van der Waals surface area contributed by atoms with Crippen molar-refractivity contribution in [3.63, 3.8) is 0 Å². The number of benzene rings is 10. The van der Waals surface area contributed by atoms with E-state index < -0.39 is 11.7 Å². The number of hydrogen-bond acceptors (Lipinski definition) is 6. The lowest BCUT2D eigenvalue weighted by Crippen LogP contribution is -2.10. The van der Waals surface area contributed by atoms with Crippen molar-refractivity contribution >= 4 is 43.6 Å². The Morgan fingerprint density at radius 2 is 0.628 bits per heavy atom. The van der Waals surface area contributed by atoms with Crippen LogP contribution in [0, 0.1) is 68.0 Å². The van der Waals surface area contributed by atoms with Crippen LogP contribution in [0.15, 0.2) is 200 Å². The molecule has 0 amide bonds. The van der Waals surface area contributed by atoms with E-state index >= 15 is 13.2 Å². The topological polar surface area (TPSA) is 153 Å². The molecule has 78 heavy (non-hydrogen) atoms. The van der Waals surface area contributed by atoms with E-state index in [-0.39, 0.29) is 33.6 Å². The van der Waals surface area contributed by atoms with Crippen molar-refractivity contribution in [2.24, 2.45) is 0 Å². The second-order valence-electron chi connectivity index (χ2n) is 18.7. The van der Waals surface area contributed by atoms with Gasteiger partial charge in [0.1, 0.15) is 6.07 Å². The summed E-state index contributed by atoms with van der Waals surface area (Å²) < 4.78 is 50.8. The average molecular weight is 1010 g/mol. The molecule has 0 spiro atoms. The van der Waals surface area contributed by atoms with Crippen LogP contribution < -0.4 is 0 Å². The molecular formula is C67H33F3N8. The fourth-order valence-corrected chi connectivity index (χ4v) is 10.7. The van der Waals surface area contributed by atoms with Gasteiger partial charge in [0.2, 0.25) is 0 Å². The van der Waals surface area contributed by atoms with Gasteiger partial charge in [-0.3, -0.25) is 0 Å². The molecule has 11 heteroatoms. The smallest absolute Gasteiger partial charge is 0.309 e. The van der Waals surface area contributed by atoms with Crippen LogP contribution in [0.1, 0.15) is 38.9 Å². The summed E-state index contributed by atoms with van der Waals surface area (Å²) in [6.45, 7) is 0. The molecule has 0 saturated heterocycles. The second-order valence-corrected chi connectivity index (χ2v) is 18.7. The summed E-state index contributed by atoms with van der Waals surface area (Å²) in [5.74, 6) is 0. The van der Waals surface area contributed by atoms with Gasteiger partial charge < -0.3 is 9.13 Å². The molecule has 12 rings (SSSR count). The quantitative estimate of drug-likeness (QED) is 0.155. The van der Waals surface area contributed by atoms with E-state index in [9.17, 15) is 31.6 Å². The summed E-state index contributed by atoms with van der Waals surface area (Å²) in [6.07, 6.45) is -4.93. The fourth-order valence-electron chi connectivity index (χ4n) is 10.7. The minimum absolute atomic E-state index is 0.112. The molecule has 0 aliphatic heterocycles. The summed E-state index contributed by atoms with van der Waals surface area (Å²) >= 11 is 0. The van der Waals surface area contributed by atoms with Crippen molar-refractivity contribution in [3.05, 3.63) is 239 Å². The van der Waals surface area contributed by atoms with Gasteiger partial charge in [-0.1, -0.05) is 78.9 Å². The summed E-state index contributed by atoms with van der Waals surface area (Å²) in [5.41, 5.74) is 9.96. The molecule has 0 aliphatic carbocycles. The number of fused-ring (bicyclic) bond motifs is 6. The Labute approximate surface area is 444 Å². The van der Waals surface area contributed by atoms with Gasteiger partial charge in [0.05, 0.1) is 103 Å². The highest BCUT2D eigenvalue weighted by molar-refractivity contribution is 6.14. The normalized spacial score (nSPS) is 11.2. The predicted molar refractivity (Wildman–Crippen MR) is 296 cm³/mol. The van der Waals surface area contributed by atoms with Crippen molar-refractivity contribution in [2.45, 2.75) is 6.18 Å². The maximum Gasteiger partial charge on any atom is 0.417 e. The van der Waals surface area contributed by atoms with Gasteiger partial charge in [-0.05, 0) is 171 Å². The maximum atomic E-state index is 15.7. The van der Waals surface area contributed by atoms with Gasteiger partial charge in [-0.15, -0.1) is 0 Å². The highest BCUT2D eigenvalue weighted by Crippen LogP contribution is 2.46. The minimum atomic E-state index is -4.93. The van der Waals surface area contributed by atoms with Crippen molar-refractivity contribution in [2.75, 3.05) is 0 Å². The molecule has 10 aromatic carbocycles. The first-order chi connectivity index (χ1) is 38.0. The third-order valence-corrected chi connectivity index (χ3v) is 14.3. The number of nitrogens with zero attached hydrogens (tertiary/aromatic N) is 8. The fraction of sp³-hybridized carbons (Fsp3) is 0.0149. The van der Waals surface area contributed by atoms with Crippen LogP contribution in [-0.2, 0) is 6.18 Å². The van der Waals surface area contributed by atoms with Crippen LogP contribution in [0.4, 0.5) is 13.2 Å². The first-order valence-electron chi connectivity index (χ1n) is 24.4. The number of nitriles is 6. The van der Waals surface area contributed by atoms with Crippen LogP contribution in [0.5, 0.6) is 0 Å². The molecular weight excluding hydrogens is 974 g/mol. The molecule has 0 atom stereocenters. The summed E-state index contributed by atoms with van der Waals surface area (Å²) in [6, 6.07) is 71.9. The summed E-state index contributed by atoms with van der Waals surface area (Å²) in [7, 11) is 0. The Morgan fingerprint density at radius 3 is 0.962 bits per heavy atom. The van der Waals surface area contributed by atoms with Crippen LogP contribution in [0.3, 0.4) is 0 Å². The van der Waals surface area contributed by atoms with Gasteiger partial charge >= 0.3 is 6.18 Å². The number of rotatable bonds is 7. The Morgan fingerprint density at radius 1 is 0.295 bits per heavy atom. The van der Waals surface area contributed by atoms with Crippen LogP contribution in [0.2, 0.25) is 0 Å². The van der Waals surface area contributed by atoms with E-state index in [1.165, 1.54) is 12.1 Å². The first-order valence-corrected chi connectivity index (χ1v) is 24.4. The number of aromatic nitrogens is 2. The van der Waals surface area contributed by atoms with Gasteiger partial charge in [0.15, 0.2) is 0 Å². The number of halogens is 3. The SMILES string of the molecule is N#Cc1cccc(-c2ccc3c(c2)c2cc(-c4cccc(C#N)c4)ccc2n3-c2cc(-c3ccc(C#N)cc3C(F)(F)F)c(-n3c4ccc(-c5cccc(C#N)c5)cc4c4cc(-c5cccc(C#N)c5)ccc43)cc2C#N)c1. The molecule has 0 fully saturated rings. The van der Waals surface area contributed by atoms with Crippen LogP contribution >= 0.6 is 0 Å². The van der Waals surface area contributed by atoms with Crippen molar-refractivity contribution < 1.29 is 13.2 Å². The first kappa shape index (κ1) is 47.5. The van der Waals surface area contributed by atoms with Gasteiger partial charge in [-0.2, -0.15) is 44.7 Å². The van der Waals surface area contributed by atoms with E-state index in [2.05, 4.69) is 30.3 Å². The Hall–Kier alpha value is -11.5. The molecule has 2 heterocycles. The lowest BCUT2D eigenvalue weighted by Gasteiger charge is -2.21. The standard InChI is InChI=1S/C67H33F3N8/c68-67(69,70)60-27-44(38-75)13-18-54(60)59-33-65(77-61-19-14-49(45-9-1-5-40(23-45)34-71)28-55(61)56-29-50(15-20-62(56)77)46-10-2-6-41(24-46)35-72)53(39-76)32-66(59)78-63-21-16-51(47-11-3-7-42(25-47)36-73)30-57(63)58-31-52(17-22-64(58)78)48-12-4-8-43(26-48)37-74/h1-33H. The zero-order chi connectivity index (χ0) is 53.8. The lowest BCUT2D eigenvalue weighted by molar-refractivity contribution is -0.137. The number of alkyl halides is 3. The maximum absolute atomic E-state index is 15.7. The molecule has 362 valence electrons. The third-order valence-electron chi connectivity index (χ3n) is 14.3. The van der Waals surface area contributed by atoms with E-state index in [4.69, 9.17) is 0 Å². The summed E-state index contributed by atoms with van der Waals surface area (Å²) in [5, 5.41) is 63.6. The minimum Gasteiger partial charge on any atom is -0.309 e. The Balaban J connectivity index is 1.18.